The van der Waals surface area contributed by atoms with E-state index in [0.717, 1.165) is 12.1 Å². The van der Waals surface area contributed by atoms with Crippen LogP contribution < -0.4 is 5.62 Å². The summed E-state index contributed by atoms with van der Waals surface area (Å²) < 4.78 is 85.7. The molecule has 0 aliphatic carbocycles. The van der Waals surface area contributed by atoms with Gasteiger partial charge in [0, 0.05) is 13.1 Å². The number of para-hydroxylation sites is 2. The van der Waals surface area contributed by atoms with E-state index in [1.54, 1.807) is 59.4 Å². The van der Waals surface area contributed by atoms with E-state index >= 15 is 0 Å². The van der Waals surface area contributed by atoms with Crippen LogP contribution in [-0.4, -0.2) is 9.13 Å². The topological polar surface area (TPSA) is 33.7 Å². The van der Waals surface area contributed by atoms with Crippen LogP contribution in [-0.2, 0) is 51.1 Å². The van der Waals surface area contributed by atoms with Gasteiger partial charge in [0.25, 0.3) is 0 Å². The van der Waals surface area contributed by atoms with Gasteiger partial charge in [0.2, 0.25) is 5.62 Å². The number of imidazole rings is 1. The highest BCUT2D eigenvalue weighted by atomic mass is 19.4. The summed E-state index contributed by atoms with van der Waals surface area (Å²) >= 11 is 0. The minimum absolute atomic E-state index is 0.0382. The van der Waals surface area contributed by atoms with Crippen molar-refractivity contribution in [3.63, 3.8) is 0 Å². The predicted molar refractivity (Wildman–Crippen MR) is 135 cm³/mol. The quantitative estimate of drug-likeness (QED) is 0.227. The van der Waals surface area contributed by atoms with Crippen molar-refractivity contribution < 1.29 is 26.3 Å². The van der Waals surface area contributed by atoms with Gasteiger partial charge >= 0.3 is 12.4 Å². The standard InChI is InChI=1S/C29H29F6N3/c1-3-19-9-7-11-23(28(30,31)32)21(19)15-17-37-25-13-5-6-14-26(25)38(27(37)36)18-16-22-20(4-2)10-8-12-24(22)29(33,34)35/h5-14,36H,3-4,15-18H2,1-2H3. The van der Waals surface area contributed by atoms with Crippen molar-refractivity contribution in [1.82, 2.24) is 9.13 Å². The Morgan fingerprint density at radius 3 is 1.34 bits per heavy atom. The normalized spacial score (nSPS) is 12.4. The highest BCUT2D eigenvalue weighted by Gasteiger charge is 2.35. The molecule has 3 aromatic carbocycles. The van der Waals surface area contributed by atoms with E-state index in [-0.39, 0.29) is 42.7 Å². The van der Waals surface area contributed by atoms with Gasteiger partial charge in [-0.1, -0.05) is 50.2 Å². The number of benzene rings is 3. The van der Waals surface area contributed by atoms with E-state index in [1.807, 2.05) is 0 Å². The lowest BCUT2D eigenvalue weighted by molar-refractivity contribution is -0.139. The smallest absolute Gasteiger partial charge is 0.310 e. The molecule has 4 aromatic rings. The van der Waals surface area contributed by atoms with E-state index in [4.69, 9.17) is 5.41 Å². The molecule has 4 rings (SSSR count). The third-order valence-electron chi connectivity index (χ3n) is 7.06. The molecule has 1 N–H and O–H groups in total. The van der Waals surface area contributed by atoms with Gasteiger partial charge in [0.1, 0.15) is 0 Å². The fraction of sp³-hybridized carbons (Fsp3) is 0.345. The number of nitrogens with one attached hydrogen (secondary N) is 1. The van der Waals surface area contributed by atoms with Crippen molar-refractivity contribution >= 4 is 11.0 Å². The predicted octanol–water partition coefficient (Wildman–Crippen LogP) is 7.57. The van der Waals surface area contributed by atoms with Crippen LogP contribution in [0.25, 0.3) is 11.0 Å². The molecule has 1 aromatic heterocycles. The van der Waals surface area contributed by atoms with Crippen LogP contribution in [0.5, 0.6) is 0 Å². The lowest BCUT2D eigenvalue weighted by Crippen LogP contribution is -2.27. The number of fused-ring (bicyclic) bond motifs is 1. The van der Waals surface area contributed by atoms with Gasteiger partial charge in [-0.25, -0.2) is 0 Å². The number of aryl methyl sites for hydroxylation is 4. The van der Waals surface area contributed by atoms with Gasteiger partial charge in [-0.05, 0) is 72.2 Å². The molecule has 9 heteroatoms. The fourth-order valence-electron chi connectivity index (χ4n) is 5.25. The maximum atomic E-state index is 13.7. The van der Waals surface area contributed by atoms with Gasteiger partial charge in [-0.3, -0.25) is 5.41 Å². The second-order valence-electron chi connectivity index (χ2n) is 9.20. The zero-order valence-electron chi connectivity index (χ0n) is 21.2. The third kappa shape index (κ3) is 5.37. The van der Waals surface area contributed by atoms with Crippen LogP contribution in [0, 0.1) is 5.41 Å². The number of alkyl halides is 6. The first-order valence-corrected chi connectivity index (χ1v) is 12.6. The molecule has 0 amide bonds. The second kappa shape index (κ2) is 10.7. The molecule has 0 radical (unpaired) electrons. The van der Waals surface area contributed by atoms with Crippen molar-refractivity contribution in [3.8, 4) is 0 Å². The Hall–Kier alpha value is -3.49. The SMILES string of the molecule is CCc1cccc(C(F)(F)F)c1CCn1c(=N)n(CCc2c(CC)cccc2C(F)(F)F)c2ccccc21. The Balaban J connectivity index is 1.72. The van der Waals surface area contributed by atoms with Crippen LogP contribution in [0.3, 0.4) is 0 Å². The molecule has 0 unspecified atom stereocenters. The Morgan fingerprint density at radius 2 is 1.00 bits per heavy atom. The first kappa shape index (κ1) is 27.5. The molecule has 0 bridgehead atoms. The third-order valence-corrected chi connectivity index (χ3v) is 7.06. The van der Waals surface area contributed by atoms with Crippen molar-refractivity contribution in [2.75, 3.05) is 0 Å². The van der Waals surface area contributed by atoms with Gasteiger partial charge in [-0.15, -0.1) is 0 Å². The summed E-state index contributed by atoms with van der Waals surface area (Å²) in [5.41, 5.74) is 1.61. The molecule has 0 aliphatic heterocycles. The van der Waals surface area contributed by atoms with E-state index in [9.17, 15) is 26.3 Å². The van der Waals surface area contributed by atoms with Crippen LogP contribution in [0.4, 0.5) is 26.3 Å². The van der Waals surface area contributed by atoms with Crippen molar-refractivity contribution in [3.05, 3.63) is 99.7 Å². The second-order valence-corrected chi connectivity index (χ2v) is 9.20. The van der Waals surface area contributed by atoms with Gasteiger partial charge in [0.05, 0.1) is 22.2 Å². The lowest BCUT2D eigenvalue weighted by Gasteiger charge is -2.17. The highest BCUT2D eigenvalue weighted by Crippen LogP contribution is 2.35. The van der Waals surface area contributed by atoms with E-state index in [2.05, 4.69) is 0 Å². The number of hydrogen-bond acceptors (Lipinski definition) is 1. The molecule has 202 valence electrons. The van der Waals surface area contributed by atoms with Crippen molar-refractivity contribution in [2.45, 2.75) is 65.0 Å². The summed E-state index contributed by atoms with van der Waals surface area (Å²) in [5.74, 6) is 0. The zero-order chi connectivity index (χ0) is 27.7. The van der Waals surface area contributed by atoms with Gasteiger partial charge in [-0.2, -0.15) is 26.3 Å². The maximum Gasteiger partial charge on any atom is 0.416 e. The summed E-state index contributed by atoms with van der Waals surface area (Å²) in [7, 11) is 0. The summed E-state index contributed by atoms with van der Waals surface area (Å²) in [5, 5.41) is 8.84. The number of nitrogens with zero attached hydrogens (tertiary/aromatic N) is 2. The first-order chi connectivity index (χ1) is 18.0. The number of hydrogen-bond donors (Lipinski definition) is 1. The van der Waals surface area contributed by atoms with Gasteiger partial charge < -0.3 is 9.13 Å². The van der Waals surface area contributed by atoms with E-state index in [1.165, 1.54) is 12.1 Å². The summed E-state index contributed by atoms with van der Waals surface area (Å²) in [6, 6.07) is 15.4. The molecule has 1 heterocycles. The number of halogens is 6. The van der Waals surface area contributed by atoms with Crippen LogP contribution >= 0.6 is 0 Å². The van der Waals surface area contributed by atoms with E-state index in [0.29, 0.717) is 35.0 Å². The molecule has 0 aliphatic rings. The average molecular weight is 534 g/mol. The van der Waals surface area contributed by atoms with Crippen LogP contribution in [0.15, 0.2) is 60.7 Å². The summed E-state index contributed by atoms with van der Waals surface area (Å²) in [6.45, 7) is 3.87. The summed E-state index contributed by atoms with van der Waals surface area (Å²) in [6.07, 6.45) is -7.96. The van der Waals surface area contributed by atoms with Crippen LogP contribution in [0.1, 0.15) is 47.2 Å². The fourth-order valence-corrected chi connectivity index (χ4v) is 5.25. The maximum absolute atomic E-state index is 13.7. The van der Waals surface area contributed by atoms with E-state index < -0.39 is 23.5 Å². The van der Waals surface area contributed by atoms with Gasteiger partial charge in [0.15, 0.2) is 0 Å². The minimum atomic E-state index is -4.49. The molecular weight excluding hydrogens is 504 g/mol. The summed E-state index contributed by atoms with van der Waals surface area (Å²) in [4.78, 5) is 0. The molecule has 0 atom stereocenters. The average Bonchev–Trinajstić information content (AvgIpc) is 3.14. The monoisotopic (exact) mass is 533 g/mol. The molecular formula is C29H29F6N3. The Morgan fingerprint density at radius 1 is 0.605 bits per heavy atom. The zero-order valence-corrected chi connectivity index (χ0v) is 21.2. The largest absolute Gasteiger partial charge is 0.416 e. The number of rotatable bonds is 8. The highest BCUT2D eigenvalue weighted by molar-refractivity contribution is 5.75. The number of aromatic nitrogens is 2. The molecule has 0 spiro atoms. The molecule has 0 fully saturated rings. The molecule has 0 saturated carbocycles. The van der Waals surface area contributed by atoms with Crippen LogP contribution in [0.2, 0.25) is 0 Å². The Bertz CT molecular complexity index is 1380. The molecule has 38 heavy (non-hydrogen) atoms. The Labute approximate surface area is 216 Å². The molecule has 3 nitrogen and oxygen atoms in total. The minimum Gasteiger partial charge on any atom is -0.310 e. The first-order valence-electron chi connectivity index (χ1n) is 12.6. The Kier molecular flexibility index (Phi) is 7.76. The van der Waals surface area contributed by atoms with Crippen molar-refractivity contribution in [1.29, 1.82) is 5.41 Å². The lowest BCUT2D eigenvalue weighted by atomic mass is 9.96. The van der Waals surface area contributed by atoms with Crippen molar-refractivity contribution in [2.24, 2.45) is 0 Å². The molecule has 0 saturated heterocycles.